The van der Waals surface area contributed by atoms with Gasteiger partial charge in [0.05, 0.1) is 0 Å². The Labute approximate surface area is 260 Å². The zero-order valence-corrected chi connectivity index (χ0v) is 33.7. The number of rotatable bonds is 16. The van der Waals surface area contributed by atoms with Crippen LogP contribution in [0.1, 0.15) is 80.1 Å². The van der Waals surface area contributed by atoms with Gasteiger partial charge in [0.25, 0.3) is 0 Å². The van der Waals surface area contributed by atoms with Crippen molar-refractivity contribution in [2.24, 2.45) is 0 Å². The fraction of sp³-hybridized carbons (Fsp3) is 0.697. The third-order valence-corrected chi connectivity index (χ3v) is 35.2. The number of aliphatic hydroxyl groups is 1. The summed E-state index contributed by atoms with van der Waals surface area (Å²) in [5, 5.41) is 11.5. The zero-order chi connectivity index (χ0) is 31.5. The topological polar surface area (TPSA) is 63.6 Å². The first-order valence-corrected chi connectivity index (χ1v) is 31.1. The Hall–Kier alpha value is -0.378. The van der Waals surface area contributed by atoms with E-state index < -0.39 is 56.8 Å². The van der Waals surface area contributed by atoms with Crippen molar-refractivity contribution in [3.63, 3.8) is 0 Å². The first kappa shape index (κ1) is 38.6. The standard InChI is InChI=1S/C21H33O4SSi2.3C4H9.Sn/c1-21(2,3)28(7,8)25-20(19(22)15-17-27(4,5)6)14-16-26(23,24)18-12-10-9-11-13-18;3*1-3-4-2;/h9-14,19-20,22H,1-8H3;3*1,3-4H2,2H3;/t19-,20-;;;;/m1..../s1. The van der Waals surface area contributed by atoms with Gasteiger partial charge in [-0.05, 0) is 0 Å². The predicted octanol–water partition coefficient (Wildman–Crippen LogP) is 9.36. The van der Waals surface area contributed by atoms with Crippen LogP contribution in [-0.4, -0.2) is 60.5 Å². The van der Waals surface area contributed by atoms with Crippen molar-refractivity contribution >= 4 is 44.6 Å². The van der Waals surface area contributed by atoms with E-state index in [-0.39, 0.29) is 5.04 Å². The van der Waals surface area contributed by atoms with Crippen LogP contribution in [0.3, 0.4) is 0 Å². The van der Waals surface area contributed by atoms with Crippen LogP contribution in [0.4, 0.5) is 0 Å². The second-order valence-electron chi connectivity index (χ2n) is 14.2. The molecule has 1 N–H and O–H groups in total. The Morgan fingerprint density at radius 3 is 1.78 bits per heavy atom. The average Bonchev–Trinajstić information content (AvgIpc) is 2.89. The van der Waals surface area contributed by atoms with Crippen molar-refractivity contribution in [1.29, 1.82) is 0 Å². The summed E-state index contributed by atoms with van der Waals surface area (Å²) in [5.74, 6) is 3.12. The molecule has 1 aromatic carbocycles. The molecule has 4 nitrogen and oxygen atoms in total. The van der Waals surface area contributed by atoms with E-state index in [2.05, 4.69) is 85.7 Å². The molecule has 41 heavy (non-hydrogen) atoms. The normalized spacial score (nSPS) is 15.3. The van der Waals surface area contributed by atoms with E-state index >= 15 is 0 Å². The van der Waals surface area contributed by atoms with Crippen molar-refractivity contribution in [3.8, 4) is 11.5 Å². The third-order valence-electron chi connectivity index (χ3n) is 8.35. The van der Waals surface area contributed by atoms with E-state index in [4.69, 9.17) is 4.43 Å². The fourth-order valence-electron chi connectivity index (χ4n) is 4.80. The molecule has 0 radical (unpaired) electrons. The molecule has 2 atom stereocenters. The van der Waals surface area contributed by atoms with Gasteiger partial charge in [-0.1, -0.05) is 0 Å². The van der Waals surface area contributed by atoms with Gasteiger partial charge in [-0.15, -0.1) is 0 Å². The Balaban J connectivity index is 4.15. The van der Waals surface area contributed by atoms with Gasteiger partial charge in [-0.25, -0.2) is 0 Å². The third kappa shape index (κ3) is 11.9. The summed E-state index contributed by atoms with van der Waals surface area (Å²) in [6, 6.07) is 8.94. The molecule has 0 spiro atoms. The maximum atomic E-state index is 14.7. The second kappa shape index (κ2) is 16.6. The van der Waals surface area contributed by atoms with E-state index in [1.807, 2.05) is 24.3 Å². The second-order valence-corrected chi connectivity index (χ2v) is 39.8. The van der Waals surface area contributed by atoms with Crippen LogP contribution in [0.5, 0.6) is 0 Å². The van der Waals surface area contributed by atoms with E-state index in [1.54, 1.807) is 12.1 Å². The molecule has 0 unspecified atom stereocenters. The Morgan fingerprint density at radius 1 is 0.927 bits per heavy atom. The quantitative estimate of drug-likeness (QED) is 0.136. The molecule has 0 aromatic heterocycles. The average molecular weight is 728 g/mol. The summed E-state index contributed by atoms with van der Waals surface area (Å²) in [7, 11) is -7.92. The summed E-state index contributed by atoms with van der Waals surface area (Å²) in [6.07, 6.45) is 6.28. The fourth-order valence-corrected chi connectivity index (χ4v) is 30.8. The first-order valence-electron chi connectivity index (χ1n) is 15.8. The number of hydrogen-bond acceptors (Lipinski definition) is 4. The summed E-state index contributed by atoms with van der Waals surface area (Å²) < 4.78 is 40.0. The number of sulfone groups is 1. The molecular formula is C33H60O4SSi2Sn. The van der Waals surface area contributed by atoms with Crippen LogP contribution in [0, 0.1) is 11.5 Å². The summed E-state index contributed by atoms with van der Waals surface area (Å²) in [6.45, 7) is 23.9. The van der Waals surface area contributed by atoms with Gasteiger partial charge in [0.2, 0.25) is 0 Å². The van der Waals surface area contributed by atoms with Crippen LogP contribution >= 0.6 is 0 Å². The molecule has 0 heterocycles. The predicted molar refractivity (Wildman–Crippen MR) is 186 cm³/mol. The molecule has 1 rings (SSSR count). The number of benzene rings is 1. The molecule has 8 heteroatoms. The summed E-state index contributed by atoms with van der Waals surface area (Å²) in [4.78, 5) is 0.352. The SMILES string of the molecule is CCC[CH2][Sn]([CH2]CCC)([CH2]CCC)/[C](=C\[C@@H](O[Si](C)(C)C(C)(C)C)[C@H](O)C#C[Si](C)(C)C)S(=O)(=O)c1ccccc1. The van der Waals surface area contributed by atoms with Crippen LogP contribution in [0.25, 0.3) is 0 Å². The van der Waals surface area contributed by atoms with Crippen LogP contribution in [0.15, 0.2) is 44.2 Å². The summed E-state index contributed by atoms with van der Waals surface area (Å²) in [5.41, 5.74) is 3.32. The Bertz CT molecular complexity index is 1100. The van der Waals surface area contributed by atoms with Gasteiger partial charge in [-0.2, -0.15) is 0 Å². The van der Waals surface area contributed by atoms with Crippen LogP contribution in [0.2, 0.25) is 51.1 Å². The van der Waals surface area contributed by atoms with E-state index in [0.29, 0.717) is 7.82 Å². The van der Waals surface area contributed by atoms with Crippen molar-refractivity contribution in [1.82, 2.24) is 0 Å². The number of aliphatic hydroxyl groups excluding tert-OH is 1. The molecule has 0 aliphatic carbocycles. The molecule has 1 aromatic rings. The zero-order valence-electron chi connectivity index (χ0n) is 28.1. The Kier molecular flexibility index (Phi) is 15.7. The van der Waals surface area contributed by atoms with Gasteiger partial charge < -0.3 is 0 Å². The first-order chi connectivity index (χ1) is 18.9. The van der Waals surface area contributed by atoms with E-state index in [9.17, 15) is 13.5 Å². The summed E-state index contributed by atoms with van der Waals surface area (Å²) >= 11 is -3.57. The van der Waals surface area contributed by atoms with Crippen LogP contribution < -0.4 is 0 Å². The van der Waals surface area contributed by atoms with Crippen molar-refractivity contribution in [2.75, 3.05) is 0 Å². The van der Waals surface area contributed by atoms with E-state index in [0.717, 1.165) is 51.8 Å². The van der Waals surface area contributed by atoms with Gasteiger partial charge >= 0.3 is 262 Å². The maximum absolute atomic E-state index is 14.7. The monoisotopic (exact) mass is 728 g/mol. The van der Waals surface area contributed by atoms with E-state index in [1.165, 1.54) is 0 Å². The van der Waals surface area contributed by atoms with Gasteiger partial charge in [0, 0.05) is 0 Å². The van der Waals surface area contributed by atoms with Gasteiger partial charge in [-0.3, -0.25) is 0 Å². The molecule has 0 saturated carbocycles. The van der Waals surface area contributed by atoms with Gasteiger partial charge in [0.1, 0.15) is 0 Å². The molecule has 0 fully saturated rings. The van der Waals surface area contributed by atoms with Crippen LogP contribution in [-0.2, 0) is 14.3 Å². The molecule has 0 aliphatic heterocycles. The van der Waals surface area contributed by atoms with Crippen molar-refractivity contribution in [2.45, 2.75) is 148 Å². The minimum absolute atomic E-state index is 0.101. The van der Waals surface area contributed by atoms with Crippen molar-refractivity contribution < 1.29 is 18.0 Å². The molecule has 0 saturated heterocycles. The molecule has 0 amide bonds. The number of unbranched alkanes of at least 4 members (excludes halogenated alkanes) is 3. The molecule has 0 bridgehead atoms. The molecule has 234 valence electrons. The van der Waals surface area contributed by atoms with Gasteiger partial charge in [0.15, 0.2) is 0 Å². The Morgan fingerprint density at radius 2 is 1.39 bits per heavy atom. The molecule has 0 aliphatic rings. The minimum atomic E-state index is -3.77. The molecular weight excluding hydrogens is 667 g/mol. The number of hydrogen-bond donors (Lipinski definition) is 1. The van der Waals surface area contributed by atoms with Crippen molar-refractivity contribution in [3.05, 3.63) is 39.3 Å².